The van der Waals surface area contributed by atoms with Crippen molar-refractivity contribution in [1.82, 2.24) is 9.88 Å². The highest BCUT2D eigenvalue weighted by molar-refractivity contribution is 6.26. The van der Waals surface area contributed by atoms with Gasteiger partial charge in [-0.05, 0) is 36.8 Å². The molecule has 1 N–H and O–H groups in total. The molecule has 0 radical (unpaired) electrons. The number of halogens is 1. The molecule has 9 heteroatoms. The van der Waals surface area contributed by atoms with E-state index in [1.807, 2.05) is 0 Å². The largest absolute Gasteiger partial charge is 0.505 e. The van der Waals surface area contributed by atoms with Gasteiger partial charge in [0.25, 0.3) is 11.8 Å². The van der Waals surface area contributed by atoms with E-state index in [1.165, 1.54) is 30.5 Å². The van der Waals surface area contributed by atoms with Crippen LogP contribution in [0.25, 0.3) is 10.9 Å². The maximum atomic E-state index is 13.2. The van der Waals surface area contributed by atoms with Gasteiger partial charge in [0, 0.05) is 11.6 Å². The Kier molecular flexibility index (Phi) is 5.24. The van der Waals surface area contributed by atoms with Gasteiger partial charge in [0.05, 0.1) is 18.7 Å². The fourth-order valence-electron chi connectivity index (χ4n) is 3.44. The lowest BCUT2D eigenvalue weighted by Gasteiger charge is -2.14. The van der Waals surface area contributed by atoms with E-state index < -0.39 is 36.0 Å². The second-order valence-corrected chi connectivity index (χ2v) is 6.74. The molecular formula is C22H17FN2O6. The minimum atomic E-state index is -0.740. The average molecular weight is 424 g/mol. The van der Waals surface area contributed by atoms with Crippen LogP contribution in [0.2, 0.25) is 0 Å². The molecule has 2 amide bonds. The molecular weight excluding hydrogens is 407 g/mol. The van der Waals surface area contributed by atoms with Crippen molar-refractivity contribution in [3.63, 3.8) is 0 Å². The SMILES string of the molecule is CCOC(=O)COc1c2c(c(O)c3ncccc13)C(=O)N(Cc1ccc(F)cc1)C2=O. The number of imide groups is 1. The molecule has 0 aliphatic carbocycles. The lowest BCUT2D eigenvalue weighted by atomic mass is 10.0. The number of benzene rings is 2. The van der Waals surface area contributed by atoms with Crippen LogP contribution in [-0.4, -0.2) is 46.0 Å². The number of pyridine rings is 1. The Labute approximate surface area is 175 Å². The smallest absolute Gasteiger partial charge is 0.344 e. The molecule has 1 aliphatic heterocycles. The number of esters is 1. The van der Waals surface area contributed by atoms with Gasteiger partial charge in [0.2, 0.25) is 0 Å². The molecule has 3 aromatic rings. The number of phenols is 1. The van der Waals surface area contributed by atoms with Gasteiger partial charge >= 0.3 is 5.97 Å². The fourth-order valence-corrected chi connectivity index (χ4v) is 3.44. The van der Waals surface area contributed by atoms with Crippen LogP contribution in [0.3, 0.4) is 0 Å². The zero-order chi connectivity index (χ0) is 22.1. The minimum Gasteiger partial charge on any atom is -0.505 e. The maximum absolute atomic E-state index is 13.2. The average Bonchev–Trinajstić information content (AvgIpc) is 3.00. The number of amides is 2. The normalized spacial score (nSPS) is 12.9. The van der Waals surface area contributed by atoms with Crippen LogP contribution in [0, 0.1) is 5.82 Å². The minimum absolute atomic E-state index is 0.0380. The number of aromatic hydroxyl groups is 1. The van der Waals surface area contributed by atoms with E-state index >= 15 is 0 Å². The summed E-state index contributed by atoms with van der Waals surface area (Å²) in [4.78, 5) is 43.0. The Morgan fingerprint density at radius 3 is 2.55 bits per heavy atom. The standard InChI is InChI=1S/C22H17FN2O6/c1-2-30-15(26)11-31-20-14-4-3-9-24-18(14)19(27)16-17(20)22(29)25(21(16)28)10-12-5-7-13(23)8-6-12/h3-9,27H,2,10-11H2,1H3. The molecule has 1 aromatic heterocycles. The summed E-state index contributed by atoms with van der Waals surface area (Å²) in [7, 11) is 0. The molecule has 8 nitrogen and oxygen atoms in total. The highest BCUT2D eigenvalue weighted by Gasteiger charge is 2.42. The Hall–Kier alpha value is -4.01. The van der Waals surface area contributed by atoms with Crippen molar-refractivity contribution in [2.24, 2.45) is 0 Å². The van der Waals surface area contributed by atoms with Crippen molar-refractivity contribution >= 4 is 28.7 Å². The van der Waals surface area contributed by atoms with Crippen molar-refractivity contribution in [2.75, 3.05) is 13.2 Å². The molecule has 2 heterocycles. The molecule has 0 spiro atoms. The van der Waals surface area contributed by atoms with Crippen LogP contribution < -0.4 is 4.74 Å². The highest BCUT2D eigenvalue weighted by Crippen LogP contribution is 2.43. The van der Waals surface area contributed by atoms with Crippen molar-refractivity contribution in [3.05, 3.63) is 65.1 Å². The number of fused-ring (bicyclic) bond motifs is 2. The van der Waals surface area contributed by atoms with E-state index in [0.29, 0.717) is 5.56 Å². The maximum Gasteiger partial charge on any atom is 0.344 e. The molecule has 0 bridgehead atoms. The van der Waals surface area contributed by atoms with Gasteiger partial charge in [-0.25, -0.2) is 9.18 Å². The van der Waals surface area contributed by atoms with E-state index in [0.717, 1.165) is 4.90 Å². The number of nitrogens with zero attached hydrogens (tertiary/aromatic N) is 2. The second-order valence-electron chi connectivity index (χ2n) is 6.74. The van der Waals surface area contributed by atoms with Crippen LogP contribution in [0.5, 0.6) is 11.5 Å². The zero-order valence-electron chi connectivity index (χ0n) is 16.4. The quantitative estimate of drug-likeness (QED) is 0.479. The van der Waals surface area contributed by atoms with Crippen LogP contribution in [0.15, 0.2) is 42.6 Å². The molecule has 0 saturated heterocycles. The van der Waals surface area contributed by atoms with Gasteiger partial charge in [0.1, 0.15) is 22.6 Å². The number of ether oxygens (including phenoxy) is 2. The summed E-state index contributed by atoms with van der Waals surface area (Å²) in [6.45, 7) is 1.17. The summed E-state index contributed by atoms with van der Waals surface area (Å²) in [5.41, 5.74) is 0.170. The van der Waals surface area contributed by atoms with Crippen LogP contribution in [0.4, 0.5) is 4.39 Å². The van der Waals surface area contributed by atoms with E-state index in [2.05, 4.69) is 4.98 Å². The monoisotopic (exact) mass is 424 g/mol. The van der Waals surface area contributed by atoms with Gasteiger partial charge in [-0.1, -0.05) is 12.1 Å². The van der Waals surface area contributed by atoms with Crippen molar-refractivity contribution in [3.8, 4) is 11.5 Å². The Balaban J connectivity index is 1.80. The van der Waals surface area contributed by atoms with Gasteiger partial charge in [-0.15, -0.1) is 0 Å². The Morgan fingerprint density at radius 2 is 1.84 bits per heavy atom. The summed E-state index contributed by atoms with van der Waals surface area (Å²) >= 11 is 0. The number of aromatic nitrogens is 1. The third-order valence-electron chi connectivity index (χ3n) is 4.80. The number of carbonyl (C=O) groups is 3. The van der Waals surface area contributed by atoms with Crippen LogP contribution in [0.1, 0.15) is 33.2 Å². The number of rotatable bonds is 6. The third-order valence-corrected chi connectivity index (χ3v) is 4.80. The lowest BCUT2D eigenvalue weighted by Crippen LogP contribution is -2.29. The first kappa shape index (κ1) is 20.3. The number of hydrogen-bond acceptors (Lipinski definition) is 7. The summed E-state index contributed by atoms with van der Waals surface area (Å²) in [6, 6.07) is 8.48. The molecule has 0 atom stereocenters. The molecule has 0 unspecified atom stereocenters. The Morgan fingerprint density at radius 1 is 1.13 bits per heavy atom. The number of hydrogen-bond donors (Lipinski definition) is 1. The van der Waals surface area contributed by atoms with Gasteiger partial charge in [-0.2, -0.15) is 0 Å². The van der Waals surface area contributed by atoms with Gasteiger partial charge in [-0.3, -0.25) is 19.5 Å². The summed E-state index contributed by atoms with van der Waals surface area (Å²) in [5.74, 6) is -3.03. The summed E-state index contributed by atoms with van der Waals surface area (Å²) < 4.78 is 23.6. The summed E-state index contributed by atoms with van der Waals surface area (Å²) in [5, 5.41) is 11.0. The first-order chi connectivity index (χ1) is 14.9. The van der Waals surface area contributed by atoms with E-state index in [4.69, 9.17) is 9.47 Å². The predicted molar refractivity (Wildman–Crippen MR) is 106 cm³/mol. The third kappa shape index (κ3) is 3.54. The van der Waals surface area contributed by atoms with Crippen LogP contribution in [-0.2, 0) is 16.1 Å². The van der Waals surface area contributed by atoms with Gasteiger partial charge in [0.15, 0.2) is 12.4 Å². The molecule has 4 rings (SSSR count). The fraction of sp³-hybridized carbons (Fsp3) is 0.182. The predicted octanol–water partition coefficient (Wildman–Crippen LogP) is 2.82. The second kappa shape index (κ2) is 8.02. The van der Waals surface area contributed by atoms with Crippen molar-refractivity contribution in [2.45, 2.75) is 13.5 Å². The molecule has 2 aromatic carbocycles. The first-order valence-electron chi connectivity index (χ1n) is 9.45. The Bertz CT molecular complexity index is 1210. The molecule has 0 saturated carbocycles. The molecule has 0 fully saturated rings. The molecule has 1 aliphatic rings. The summed E-state index contributed by atoms with van der Waals surface area (Å²) in [6.07, 6.45) is 1.42. The van der Waals surface area contributed by atoms with E-state index in [-0.39, 0.29) is 40.9 Å². The van der Waals surface area contributed by atoms with E-state index in [1.54, 1.807) is 19.1 Å². The zero-order valence-corrected chi connectivity index (χ0v) is 16.4. The number of phenolic OH excluding ortho intramolecular Hbond substituents is 1. The van der Waals surface area contributed by atoms with Gasteiger partial charge < -0.3 is 14.6 Å². The lowest BCUT2D eigenvalue weighted by molar-refractivity contribution is -0.145. The molecule has 31 heavy (non-hydrogen) atoms. The van der Waals surface area contributed by atoms with Crippen LogP contribution >= 0.6 is 0 Å². The van der Waals surface area contributed by atoms with E-state index in [9.17, 15) is 23.9 Å². The first-order valence-corrected chi connectivity index (χ1v) is 9.45. The van der Waals surface area contributed by atoms with Crippen molar-refractivity contribution < 1.29 is 33.4 Å². The molecule has 158 valence electrons. The highest BCUT2D eigenvalue weighted by atomic mass is 19.1. The van der Waals surface area contributed by atoms with Crippen molar-refractivity contribution in [1.29, 1.82) is 0 Å². The number of carbonyl (C=O) groups excluding carboxylic acids is 3. The topological polar surface area (TPSA) is 106 Å².